The summed E-state index contributed by atoms with van der Waals surface area (Å²) in [7, 11) is 7.49. The average Bonchev–Trinajstić information content (AvgIpc) is 2.27. The molecule has 5 heteroatoms. The van der Waals surface area contributed by atoms with Gasteiger partial charge in [-0.1, -0.05) is 0 Å². The zero-order valence-electron chi connectivity index (χ0n) is 11.5. The van der Waals surface area contributed by atoms with Crippen LogP contribution in [0.4, 0.5) is 11.4 Å². The molecule has 1 aromatic carbocycles. The highest BCUT2D eigenvalue weighted by Gasteiger charge is 2.13. The summed E-state index contributed by atoms with van der Waals surface area (Å²) in [4.78, 5) is 15.6. The van der Waals surface area contributed by atoms with Crippen molar-refractivity contribution in [3.05, 3.63) is 23.8 Å². The van der Waals surface area contributed by atoms with Crippen molar-refractivity contribution in [2.24, 2.45) is 0 Å². The van der Waals surface area contributed by atoms with Crippen molar-refractivity contribution >= 4 is 17.3 Å². The van der Waals surface area contributed by atoms with Crippen LogP contribution in [-0.4, -0.2) is 57.0 Å². The van der Waals surface area contributed by atoms with Gasteiger partial charge in [-0.3, -0.25) is 4.79 Å². The number of amides is 1. The number of rotatable bonds is 5. The Bertz CT molecular complexity index is 415. The predicted octanol–water partition coefficient (Wildman–Crippen LogP) is 0.944. The molecule has 1 amide bonds. The van der Waals surface area contributed by atoms with Gasteiger partial charge >= 0.3 is 0 Å². The lowest BCUT2D eigenvalue weighted by molar-refractivity contribution is 0.0828. The van der Waals surface area contributed by atoms with Gasteiger partial charge in [0.25, 0.3) is 5.91 Å². The SMILES string of the molecule is CN(C)CCNc1cc(N)ccc1C(=O)N(C)C. The van der Waals surface area contributed by atoms with E-state index in [1.165, 1.54) is 0 Å². The number of benzene rings is 1. The molecule has 0 aliphatic carbocycles. The Morgan fingerprint density at radius 3 is 2.50 bits per heavy atom. The molecule has 0 heterocycles. The van der Waals surface area contributed by atoms with Gasteiger partial charge in [0.2, 0.25) is 0 Å². The Kier molecular flexibility index (Phi) is 4.97. The largest absolute Gasteiger partial charge is 0.399 e. The van der Waals surface area contributed by atoms with Crippen LogP contribution in [0.15, 0.2) is 18.2 Å². The van der Waals surface area contributed by atoms with Crippen LogP contribution in [-0.2, 0) is 0 Å². The molecule has 0 fully saturated rings. The molecule has 18 heavy (non-hydrogen) atoms. The van der Waals surface area contributed by atoms with E-state index in [-0.39, 0.29) is 5.91 Å². The van der Waals surface area contributed by atoms with E-state index < -0.39 is 0 Å². The maximum absolute atomic E-state index is 12.0. The molecule has 1 aromatic rings. The second-order valence-corrected chi connectivity index (χ2v) is 4.73. The fraction of sp³-hybridized carbons (Fsp3) is 0.462. The molecule has 0 saturated carbocycles. The monoisotopic (exact) mass is 250 g/mol. The van der Waals surface area contributed by atoms with Crippen LogP contribution in [0.25, 0.3) is 0 Å². The predicted molar refractivity (Wildman–Crippen MR) is 75.9 cm³/mol. The molecule has 100 valence electrons. The van der Waals surface area contributed by atoms with Crippen molar-refractivity contribution in [1.29, 1.82) is 0 Å². The van der Waals surface area contributed by atoms with Crippen molar-refractivity contribution in [1.82, 2.24) is 9.80 Å². The highest BCUT2D eigenvalue weighted by Crippen LogP contribution is 2.20. The maximum Gasteiger partial charge on any atom is 0.255 e. The molecule has 0 unspecified atom stereocenters. The first-order valence-electron chi connectivity index (χ1n) is 5.91. The Labute approximate surface area is 109 Å². The molecule has 0 radical (unpaired) electrons. The summed E-state index contributed by atoms with van der Waals surface area (Å²) < 4.78 is 0. The van der Waals surface area contributed by atoms with E-state index in [4.69, 9.17) is 5.73 Å². The highest BCUT2D eigenvalue weighted by molar-refractivity contribution is 5.99. The number of nitrogens with zero attached hydrogens (tertiary/aromatic N) is 2. The number of nitrogens with one attached hydrogen (secondary N) is 1. The third-order valence-electron chi connectivity index (χ3n) is 2.55. The van der Waals surface area contributed by atoms with Crippen molar-refractivity contribution in [3.8, 4) is 0 Å². The summed E-state index contributed by atoms with van der Waals surface area (Å²) in [6, 6.07) is 5.30. The topological polar surface area (TPSA) is 61.6 Å². The smallest absolute Gasteiger partial charge is 0.255 e. The number of anilines is 2. The van der Waals surface area contributed by atoms with Crippen LogP contribution in [0.1, 0.15) is 10.4 Å². The van der Waals surface area contributed by atoms with Crippen LogP contribution in [0, 0.1) is 0 Å². The van der Waals surface area contributed by atoms with Gasteiger partial charge in [-0.25, -0.2) is 0 Å². The lowest BCUT2D eigenvalue weighted by atomic mass is 10.1. The van der Waals surface area contributed by atoms with Crippen molar-refractivity contribution < 1.29 is 4.79 Å². The molecular weight excluding hydrogens is 228 g/mol. The van der Waals surface area contributed by atoms with Crippen LogP contribution in [0.3, 0.4) is 0 Å². The molecule has 0 aromatic heterocycles. The molecule has 0 saturated heterocycles. The van der Waals surface area contributed by atoms with E-state index in [0.717, 1.165) is 18.8 Å². The van der Waals surface area contributed by atoms with Gasteiger partial charge in [0.1, 0.15) is 0 Å². The zero-order chi connectivity index (χ0) is 13.7. The molecule has 3 N–H and O–H groups in total. The van der Waals surface area contributed by atoms with Crippen LogP contribution in [0.5, 0.6) is 0 Å². The van der Waals surface area contributed by atoms with E-state index in [2.05, 4.69) is 10.2 Å². The number of likely N-dealkylation sites (N-methyl/N-ethyl adjacent to an activating group) is 1. The molecule has 0 atom stereocenters. The van der Waals surface area contributed by atoms with Crippen LogP contribution in [0.2, 0.25) is 0 Å². The molecule has 0 aliphatic heterocycles. The Morgan fingerprint density at radius 1 is 1.28 bits per heavy atom. The lowest BCUT2D eigenvalue weighted by Crippen LogP contribution is -2.25. The first-order chi connectivity index (χ1) is 8.41. The van der Waals surface area contributed by atoms with Crippen LogP contribution >= 0.6 is 0 Å². The molecule has 5 nitrogen and oxygen atoms in total. The summed E-state index contributed by atoms with van der Waals surface area (Å²) in [5.74, 6) is -0.0256. The van der Waals surface area contributed by atoms with E-state index in [0.29, 0.717) is 11.3 Å². The molecule has 1 rings (SSSR count). The number of carbonyl (C=O) groups excluding carboxylic acids is 1. The highest BCUT2D eigenvalue weighted by atomic mass is 16.2. The van der Waals surface area contributed by atoms with E-state index >= 15 is 0 Å². The minimum atomic E-state index is -0.0256. The Hall–Kier alpha value is -1.75. The number of hydrogen-bond donors (Lipinski definition) is 2. The van der Waals surface area contributed by atoms with Crippen molar-refractivity contribution in [2.45, 2.75) is 0 Å². The second-order valence-electron chi connectivity index (χ2n) is 4.73. The van der Waals surface area contributed by atoms with Crippen LogP contribution < -0.4 is 11.1 Å². The summed E-state index contributed by atoms with van der Waals surface area (Å²) in [5, 5.41) is 3.25. The van der Waals surface area contributed by atoms with E-state index in [1.54, 1.807) is 37.2 Å². The van der Waals surface area contributed by atoms with E-state index in [9.17, 15) is 4.79 Å². The first-order valence-corrected chi connectivity index (χ1v) is 5.91. The maximum atomic E-state index is 12.0. The molecule has 0 aliphatic rings. The minimum absolute atomic E-state index is 0.0256. The first kappa shape index (κ1) is 14.3. The molecular formula is C13H22N4O. The Balaban J connectivity index is 2.86. The number of nitrogen functional groups attached to an aromatic ring is 1. The summed E-state index contributed by atoms with van der Waals surface area (Å²) in [6.07, 6.45) is 0. The van der Waals surface area contributed by atoms with Gasteiger partial charge < -0.3 is 20.9 Å². The summed E-state index contributed by atoms with van der Waals surface area (Å²) in [5.41, 5.74) is 7.84. The standard InChI is InChI=1S/C13H22N4O/c1-16(2)8-7-15-12-9-10(14)5-6-11(12)13(18)17(3)4/h5-6,9,15H,7-8,14H2,1-4H3. The van der Waals surface area contributed by atoms with Gasteiger partial charge in [-0.05, 0) is 32.3 Å². The zero-order valence-corrected chi connectivity index (χ0v) is 11.5. The van der Waals surface area contributed by atoms with Gasteiger partial charge in [0, 0.05) is 38.6 Å². The quantitative estimate of drug-likeness (QED) is 0.764. The van der Waals surface area contributed by atoms with Gasteiger partial charge in [-0.2, -0.15) is 0 Å². The molecule has 0 spiro atoms. The molecule has 0 bridgehead atoms. The summed E-state index contributed by atoms with van der Waals surface area (Å²) >= 11 is 0. The van der Waals surface area contributed by atoms with Gasteiger partial charge in [-0.15, -0.1) is 0 Å². The lowest BCUT2D eigenvalue weighted by Gasteiger charge is -2.17. The van der Waals surface area contributed by atoms with Crippen molar-refractivity contribution in [3.63, 3.8) is 0 Å². The number of carbonyl (C=O) groups is 1. The fourth-order valence-electron chi connectivity index (χ4n) is 1.55. The van der Waals surface area contributed by atoms with Crippen molar-refractivity contribution in [2.75, 3.05) is 52.3 Å². The van der Waals surface area contributed by atoms with Gasteiger partial charge in [0.15, 0.2) is 0 Å². The summed E-state index contributed by atoms with van der Waals surface area (Å²) in [6.45, 7) is 1.66. The third-order valence-corrected chi connectivity index (χ3v) is 2.55. The Morgan fingerprint density at radius 2 is 1.94 bits per heavy atom. The number of nitrogens with two attached hydrogens (primary N) is 1. The van der Waals surface area contributed by atoms with E-state index in [1.807, 2.05) is 14.1 Å². The normalized spacial score (nSPS) is 10.5. The van der Waals surface area contributed by atoms with Gasteiger partial charge in [0.05, 0.1) is 5.56 Å². The average molecular weight is 250 g/mol. The number of hydrogen-bond acceptors (Lipinski definition) is 4. The second kappa shape index (κ2) is 6.26. The third kappa shape index (κ3) is 3.92. The fourth-order valence-corrected chi connectivity index (χ4v) is 1.55. The minimum Gasteiger partial charge on any atom is -0.399 e.